The second-order valence-corrected chi connectivity index (χ2v) is 5.66. The molecule has 0 bridgehead atoms. The Kier molecular flexibility index (Phi) is 3.42. The van der Waals surface area contributed by atoms with Crippen molar-refractivity contribution in [3.63, 3.8) is 0 Å². The fraction of sp³-hybridized carbons (Fsp3) is 0.375. The van der Waals surface area contributed by atoms with E-state index in [0.717, 1.165) is 35.7 Å². The van der Waals surface area contributed by atoms with E-state index in [2.05, 4.69) is 24.8 Å². The lowest BCUT2D eigenvalue weighted by molar-refractivity contribution is 0.569. The highest BCUT2D eigenvalue weighted by Crippen LogP contribution is 2.18. The lowest BCUT2D eigenvalue weighted by Crippen LogP contribution is -2.10. The molecule has 6 heteroatoms. The Labute approximate surface area is 128 Å². The lowest BCUT2D eigenvalue weighted by atomic mass is 10.1. The highest BCUT2D eigenvalue weighted by atomic mass is 15.3. The number of hydrogen-bond donors (Lipinski definition) is 0. The van der Waals surface area contributed by atoms with Gasteiger partial charge in [0.1, 0.15) is 12.4 Å². The number of aromatic nitrogens is 6. The normalized spacial score (nSPS) is 14.5. The summed E-state index contributed by atoms with van der Waals surface area (Å²) in [5.41, 5.74) is 2.22. The molecule has 3 aromatic rings. The molecule has 6 nitrogen and oxygen atoms in total. The van der Waals surface area contributed by atoms with Crippen LogP contribution in [0.2, 0.25) is 0 Å². The number of hydrogen-bond acceptors (Lipinski definition) is 4. The van der Waals surface area contributed by atoms with E-state index in [-0.39, 0.29) is 0 Å². The van der Waals surface area contributed by atoms with Crippen molar-refractivity contribution in [3.8, 4) is 11.1 Å². The lowest BCUT2D eigenvalue weighted by Gasteiger charge is -2.06. The second kappa shape index (κ2) is 5.71. The Balaban J connectivity index is 1.57. The van der Waals surface area contributed by atoms with Crippen molar-refractivity contribution in [3.05, 3.63) is 48.6 Å². The minimum absolute atomic E-state index is 0.665. The van der Waals surface area contributed by atoms with E-state index in [0.29, 0.717) is 6.54 Å². The number of fused-ring (bicyclic) bond motifs is 1. The first-order valence-electron chi connectivity index (χ1n) is 7.74. The zero-order valence-corrected chi connectivity index (χ0v) is 12.4. The van der Waals surface area contributed by atoms with Gasteiger partial charge in [-0.05, 0) is 30.5 Å². The molecule has 0 atom stereocenters. The molecular formula is C16H18N6. The molecule has 0 amide bonds. The van der Waals surface area contributed by atoms with Gasteiger partial charge in [-0.1, -0.05) is 6.42 Å². The van der Waals surface area contributed by atoms with E-state index in [1.54, 1.807) is 12.4 Å². The van der Waals surface area contributed by atoms with Crippen molar-refractivity contribution in [2.45, 2.75) is 38.8 Å². The van der Waals surface area contributed by atoms with E-state index >= 15 is 0 Å². The van der Waals surface area contributed by atoms with Crippen LogP contribution in [0.15, 0.2) is 36.9 Å². The molecule has 0 radical (unpaired) electrons. The first-order valence-corrected chi connectivity index (χ1v) is 7.74. The molecular weight excluding hydrogens is 276 g/mol. The van der Waals surface area contributed by atoms with Crippen LogP contribution in [0, 0.1) is 0 Å². The molecule has 0 unspecified atom stereocenters. The summed E-state index contributed by atoms with van der Waals surface area (Å²) >= 11 is 0. The van der Waals surface area contributed by atoms with E-state index in [1.807, 2.05) is 29.2 Å². The molecule has 1 aliphatic heterocycles. The first kappa shape index (κ1) is 13.2. The standard InChI is InChI=1S/C16H18N6/c1-2-4-15-19-20-16(22(15)9-3-1)12-21-11-14(10-18-21)13-5-7-17-8-6-13/h5-8,10-11H,1-4,9,12H2. The van der Waals surface area contributed by atoms with Gasteiger partial charge in [0.25, 0.3) is 0 Å². The first-order chi connectivity index (χ1) is 10.9. The molecule has 3 aromatic heterocycles. The molecule has 0 aliphatic carbocycles. The van der Waals surface area contributed by atoms with Crippen molar-refractivity contribution in [2.75, 3.05) is 0 Å². The quantitative estimate of drug-likeness (QED) is 0.743. The average molecular weight is 294 g/mol. The molecule has 1 aliphatic rings. The van der Waals surface area contributed by atoms with Crippen LogP contribution in [-0.4, -0.2) is 29.5 Å². The van der Waals surface area contributed by atoms with Crippen molar-refractivity contribution in [1.29, 1.82) is 0 Å². The summed E-state index contributed by atoms with van der Waals surface area (Å²) in [6, 6.07) is 3.98. The summed E-state index contributed by atoms with van der Waals surface area (Å²) < 4.78 is 4.19. The molecule has 4 heterocycles. The summed E-state index contributed by atoms with van der Waals surface area (Å²) in [7, 11) is 0. The molecule has 0 fully saturated rings. The SMILES string of the molecule is c1cc(-c2cnn(Cc3nnc4n3CCCCC4)c2)ccn1. The zero-order valence-electron chi connectivity index (χ0n) is 12.4. The highest BCUT2D eigenvalue weighted by molar-refractivity contribution is 5.60. The maximum absolute atomic E-state index is 4.45. The molecule has 4 rings (SSSR count). The van der Waals surface area contributed by atoms with Crippen LogP contribution in [0.25, 0.3) is 11.1 Å². The van der Waals surface area contributed by atoms with Crippen molar-refractivity contribution in [2.24, 2.45) is 0 Å². The second-order valence-electron chi connectivity index (χ2n) is 5.66. The van der Waals surface area contributed by atoms with Gasteiger partial charge in [-0.2, -0.15) is 5.10 Å². The minimum Gasteiger partial charge on any atom is -0.313 e. The maximum Gasteiger partial charge on any atom is 0.154 e. The van der Waals surface area contributed by atoms with E-state index < -0.39 is 0 Å². The van der Waals surface area contributed by atoms with Gasteiger partial charge in [0, 0.05) is 37.1 Å². The Morgan fingerprint density at radius 3 is 2.82 bits per heavy atom. The molecule has 0 N–H and O–H groups in total. The fourth-order valence-corrected chi connectivity index (χ4v) is 2.95. The summed E-state index contributed by atoms with van der Waals surface area (Å²) in [6.45, 7) is 1.69. The summed E-state index contributed by atoms with van der Waals surface area (Å²) in [5.74, 6) is 2.12. The van der Waals surface area contributed by atoms with Crippen LogP contribution in [0.5, 0.6) is 0 Å². The van der Waals surface area contributed by atoms with E-state index in [4.69, 9.17) is 0 Å². The summed E-state index contributed by atoms with van der Waals surface area (Å²) in [6.07, 6.45) is 12.3. The monoisotopic (exact) mass is 294 g/mol. The van der Waals surface area contributed by atoms with Gasteiger partial charge in [-0.25, -0.2) is 0 Å². The largest absolute Gasteiger partial charge is 0.313 e. The molecule has 0 spiro atoms. The number of aryl methyl sites for hydroxylation is 1. The van der Waals surface area contributed by atoms with E-state index in [9.17, 15) is 0 Å². The van der Waals surface area contributed by atoms with Crippen LogP contribution in [-0.2, 0) is 19.5 Å². The topological polar surface area (TPSA) is 61.4 Å². The maximum atomic E-state index is 4.45. The number of pyridine rings is 1. The van der Waals surface area contributed by atoms with Crippen LogP contribution in [0.3, 0.4) is 0 Å². The zero-order chi connectivity index (χ0) is 14.8. The molecule has 22 heavy (non-hydrogen) atoms. The van der Waals surface area contributed by atoms with Gasteiger partial charge in [-0.15, -0.1) is 10.2 Å². The third kappa shape index (κ3) is 2.52. The summed E-state index contributed by atoms with van der Waals surface area (Å²) in [5, 5.41) is 13.2. The van der Waals surface area contributed by atoms with Gasteiger partial charge >= 0.3 is 0 Å². The third-order valence-electron chi connectivity index (χ3n) is 4.14. The summed E-state index contributed by atoms with van der Waals surface area (Å²) in [4.78, 5) is 4.05. The van der Waals surface area contributed by atoms with Crippen molar-refractivity contribution < 1.29 is 0 Å². The van der Waals surface area contributed by atoms with Crippen LogP contribution >= 0.6 is 0 Å². The predicted molar refractivity (Wildman–Crippen MR) is 82.1 cm³/mol. The van der Waals surface area contributed by atoms with Gasteiger partial charge in [0.15, 0.2) is 5.82 Å². The van der Waals surface area contributed by atoms with Gasteiger partial charge in [-0.3, -0.25) is 9.67 Å². The molecule has 0 aromatic carbocycles. The predicted octanol–water partition coefficient (Wildman–Crippen LogP) is 2.31. The number of nitrogens with zero attached hydrogens (tertiary/aromatic N) is 6. The van der Waals surface area contributed by atoms with Gasteiger partial charge in [0.2, 0.25) is 0 Å². The smallest absolute Gasteiger partial charge is 0.154 e. The minimum atomic E-state index is 0.665. The highest BCUT2D eigenvalue weighted by Gasteiger charge is 2.15. The van der Waals surface area contributed by atoms with Gasteiger partial charge < -0.3 is 4.57 Å². The van der Waals surface area contributed by atoms with E-state index in [1.165, 1.54) is 19.3 Å². The van der Waals surface area contributed by atoms with Crippen molar-refractivity contribution in [1.82, 2.24) is 29.5 Å². The van der Waals surface area contributed by atoms with Crippen LogP contribution < -0.4 is 0 Å². The van der Waals surface area contributed by atoms with Crippen molar-refractivity contribution >= 4 is 0 Å². The third-order valence-corrected chi connectivity index (χ3v) is 4.14. The molecule has 112 valence electrons. The molecule has 0 saturated heterocycles. The number of rotatable bonds is 3. The Bertz CT molecular complexity index is 758. The van der Waals surface area contributed by atoms with Crippen LogP contribution in [0.4, 0.5) is 0 Å². The Morgan fingerprint density at radius 2 is 1.91 bits per heavy atom. The van der Waals surface area contributed by atoms with Gasteiger partial charge in [0.05, 0.1) is 6.20 Å². The molecule has 0 saturated carbocycles. The average Bonchev–Trinajstić information content (AvgIpc) is 3.10. The Morgan fingerprint density at radius 1 is 1.00 bits per heavy atom. The fourth-order valence-electron chi connectivity index (χ4n) is 2.95. The Hall–Kier alpha value is -2.50. The van der Waals surface area contributed by atoms with Crippen LogP contribution in [0.1, 0.15) is 30.9 Å².